The van der Waals surface area contributed by atoms with E-state index in [1.807, 2.05) is 18.2 Å². The van der Waals surface area contributed by atoms with Crippen molar-refractivity contribution < 1.29 is 9.26 Å². The Morgan fingerprint density at radius 3 is 2.86 bits per heavy atom. The largest absolute Gasteiger partial charge is 0.491 e. The first kappa shape index (κ1) is 13.5. The number of rotatable bonds is 2. The number of hydrogen-bond acceptors (Lipinski definition) is 5. The number of hydrogen-bond donors (Lipinski definition) is 0. The third-order valence-electron chi connectivity index (χ3n) is 4.26. The second-order valence-electron chi connectivity index (χ2n) is 5.74. The lowest BCUT2D eigenvalue weighted by atomic mass is 10.2. The first-order valence-corrected chi connectivity index (χ1v) is 7.86. The minimum atomic E-state index is 0.642. The number of nitrogens with zero attached hydrogens (tertiary/aromatic N) is 3. The Hall–Kier alpha value is -2.19. The minimum Gasteiger partial charge on any atom is -0.491 e. The predicted molar refractivity (Wildman–Crippen MR) is 85.2 cm³/mol. The fourth-order valence-electron chi connectivity index (χ4n) is 3.07. The molecule has 0 atom stereocenters. The molecule has 2 aromatic rings. The van der Waals surface area contributed by atoms with Crippen LogP contribution in [0, 0.1) is 11.8 Å². The van der Waals surface area contributed by atoms with Gasteiger partial charge in [-0.1, -0.05) is 23.1 Å². The third-order valence-corrected chi connectivity index (χ3v) is 4.26. The Morgan fingerprint density at radius 2 is 1.95 bits per heavy atom. The van der Waals surface area contributed by atoms with E-state index in [1.165, 1.54) is 25.9 Å². The Kier molecular flexibility index (Phi) is 3.61. The van der Waals surface area contributed by atoms with E-state index in [0.29, 0.717) is 13.2 Å². The zero-order chi connectivity index (χ0) is 14.8. The SMILES string of the molecule is C(#CCN1CCOc2cccc3onc1c23)CN1CCCC1. The monoisotopic (exact) mass is 297 g/mol. The quantitative estimate of drug-likeness (QED) is 0.794. The van der Waals surface area contributed by atoms with Gasteiger partial charge in [-0.15, -0.1) is 0 Å². The van der Waals surface area contributed by atoms with Crippen molar-refractivity contribution in [3.63, 3.8) is 0 Å². The van der Waals surface area contributed by atoms with E-state index in [0.717, 1.165) is 35.6 Å². The van der Waals surface area contributed by atoms with Gasteiger partial charge in [0.1, 0.15) is 17.7 Å². The average molecular weight is 297 g/mol. The zero-order valence-corrected chi connectivity index (χ0v) is 12.5. The predicted octanol–water partition coefficient (Wildman–Crippen LogP) is 2.13. The van der Waals surface area contributed by atoms with Crippen LogP contribution in [-0.4, -0.2) is 49.4 Å². The molecule has 22 heavy (non-hydrogen) atoms. The molecular formula is C17H19N3O2. The van der Waals surface area contributed by atoms with Gasteiger partial charge in [0, 0.05) is 0 Å². The summed E-state index contributed by atoms with van der Waals surface area (Å²) in [6, 6.07) is 5.81. The second-order valence-corrected chi connectivity index (χ2v) is 5.74. The van der Waals surface area contributed by atoms with Crippen molar-refractivity contribution in [3.05, 3.63) is 18.2 Å². The molecule has 3 heterocycles. The summed E-state index contributed by atoms with van der Waals surface area (Å²) >= 11 is 0. The highest BCUT2D eigenvalue weighted by atomic mass is 16.5. The molecule has 1 fully saturated rings. The summed E-state index contributed by atoms with van der Waals surface area (Å²) < 4.78 is 11.2. The maximum atomic E-state index is 5.80. The maximum absolute atomic E-state index is 5.80. The van der Waals surface area contributed by atoms with Crippen molar-refractivity contribution in [1.29, 1.82) is 0 Å². The summed E-state index contributed by atoms with van der Waals surface area (Å²) in [4.78, 5) is 4.54. The second kappa shape index (κ2) is 5.90. The van der Waals surface area contributed by atoms with Gasteiger partial charge in [0.15, 0.2) is 11.4 Å². The van der Waals surface area contributed by atoms with Gasteiger partial charge in [-0.05, 0) is 38.1 Å². The Labute approximate surface area is 129 Å². The molecule has 0 radical (unpaired) electrons. The number of anilines is 1. The molecule has 1 saturated heterocycles. The smallest absolute Gasteiger partial charge is 0.184 e. The molecule has 1 aromatic heterocycles. The Balaban J connectivity index is 1.51. The number of likely N-dealkylation sites (tertiary alicyclic amines) is 1. The van der Waals surface area contributed by atoms with Crippen molar-refractivity contribution in [1.82, 2.24) is 10.1 Å². The molecule has 0 unspecified atom stereocenters. The summed E-state index contributed by atoms with van der Waals surface area (Å²) in [7, 11) is 0. The van der Waals surface area contributed by atoms with Gasteiger partial charge >= 0.3 is 0 Å². The molecule has 114 valence electrons. The number of ether oxygens (including phenoxy) is 1. The fourth-order valence-corrected chi connectivity index (χ4v) is 3.07. The normalized spacial score (nSPS) is 17.9. The molecule has 4 rings (SSSR count). The van der Waals surface area contributed by atoms with Gasteiger partial charge in [0.25, 0.3) is 0 Å². The summed E-state index contributed by atoms with van der Waals surface area (Å²) in [6.45, 7) is 5.31. The minimum absolute atomic E-state index is 0.642. The van der Waals surface area contributed by atoms with Crippen LogP contribution in [0.25, 0.3) is 11.0 Å². The lowest BCUT2D eigenvalue weighted by Gasteiger charge is -2.16. The van der Waals surface area contributed by atoms with Crippen LogP contribution in [0.5, 0.6) is 5.75 Å². The van der Waals surface area contributed by atoms with Crippen LogP contribution in [-0.2, 0) is 0 Å². The highest BCUT2D eigenvalue weighted by Crippen LogP contribution is 2.35. The molecule has 0 aliphatic carbocycles. The van der Waals surface area contributed by atoms with Crippen LogP contribution in [0.4, 0.5) is 5.82 Å². The molecular weight excluding hydrogens is 278 g/mol. The fraction of sp³-hybridized carbons (Fsp3) is 0.471. The van der Waals surface area contributed by atoms with Crippen LogP contribution < -0.4 is 9.64 Å². The Bertz CT molecular complexity index is 722. The molecule has 0 amide bonds. The van der Waals surface area contributed by atoms with Crippen molar-refractivity contribution in [2.75, 3.05) is 44.2 Å². The zero-order valence-electron chi connectivity index (χ0n) is 12.5. The van der Waals surface area contributed by atoms with Gasteiger partial charge in [-0.25, -0.2) is 0 Å². The van der Waals surface area contributed by atoms with Crippen molar-refractivity contribution >= 4 is 16.8 Å². The lowest BCUT2D eigenvalue weighted by molar-refractivity contribution is 0.330. The Morgan fingerprint density at radius 1 is 1.09 bits per heavy atom. The molecule has 5 nitrogen and oxygen atoms in total. The molecule has 0 N–H and O–H groups in total. The summed E-state index contributed by atoms with van der Waals surface area (Å²) in [5, 5.41) is 5.18. The first-order valence-electron chi connectivity index (χ1n) is 7.86. The van der Waals surface area contributed by atoms with E-state index < -0.39 is 0 Å². The van der Waals surface area contributed by atoms with Crippen LogP contribution in [0.15, 0.2) is 22.7 Å². The molecule has 0 spiro atoms. The molecule has 2 aliphatic rings. The van der Waals surface area contributed by atoms with Crippen LogP contribution >= 0.6 is 0 Å². The van der Waals surface area contributed by atoms with Crippen molar-refractivity contribution in [3.8, 4) is 17.6 Å². The van der Waals surface area contributed by atoms with Crippen LogP contribution in [0.1, 0.15) is 12.8 Å². The standard InChI is InChI=1S/C17H19N3O2/c1-2-9-19(8-1)10-3-4-11-20-12-13-21-14-6-5-7-15-16(14)17(20)18-22-15/h5-7H,1-2,8-13H2. The maximum Gasteiger partial charge on any atom is 0.184 e. The molecule has 2 aliphatic heterocycles. The van der Waals surface area contributed by atoms with E-state index in [1.54, 1.807) is 0 Å². The summed E-state index contributed by atoms with van der Waals surface area (Å²) in [5.74, 6) is 8.24. The highest BCUT2D eigenvalue weighted by molar-refractivity contribution is 5.94. The van der Waals surface area contributed by atoms with E-state index in [9.17, 15) is 0 Å². The van der Waals surface area contributed by atoms with Gasteiger partial charge in [0.2, 0.25) is 0 Å². The average Bonchev–Trinajstić information content (AvgIpc) is 3.15. The number of aromatic nitrogens is 1. The molecule has 1 aromatic carbocycles. The topological polar surface area (TPSA) is 41.7 Å². The van der Waals surface area contributed by atoms with Crippen LogP contribution in [0.3, 0.4) is 0 Å². The third kappa shape index (κ3) is 2.51. The van der Waals surface area contributed by atoms with Gasteiger partial charge in [-0.3, -0.25) is 4.90 Å². The van der Waals surface area contributed by atoms with E-state index in [-0.39, 0.29) is 0 Å². The van der Waals surface area contributed by atoms with E-state index in [2.05, 4.69) is 26.8 Å². The van der Waals surface area contributed by atoms with Gasteiger partial charge in [0.05, 0.1) is 19.6 Å². The lowest BCUT2D eigenvalue weighted by Crippen LogP contribution is -2.28. The first-order chi connectivity index (χ1) is 10.9. The molecule has 0 bridgehead atoms. The van der Waals surface area contributed by atoms with Crippen LogP contribution in [0.2, 0.25) is 0 Å². The summed E-state index contributed by atoms with van der Waals surface area (Å²) in [5.41, 5.74) is 0.768. The van der Waals surface area contributed by atoms with E-state index in [4.69, 9.17) is 9.26 Å². The summed E-state index contributed by atoms with van der Waals surface area (Å²) in [6.07, 6.45) is 2.61. The van der Waals surface area contributed by atoms with Gasteiger partial charge in [-0.2, -0.15) is 0 Å². The molecule has 0 saturated carbocycles. The van der Waals surface area contributed by atoms with Gasteiger partial charge < -0.3 is 14.2 Å². The van der Waals surface area contributed by atoms with Crippen molar-refractivity contribution in [2.24, 2.45) is 0 Å². The van der Waals surface area contributed by atoms with Crippen molar-refractivity contribution in [2.45, 2.75) is 12.8 Å². The number of benzene rings is 1. The van der Waals surface area contributed by atoms with E-state index >= 15 is 0 Å². The highest BCUT2D eigenvalue weighted by Gasteiger charge is 2.21. The molecule has 5 heteroatoms.